The molecule has 0 radical (unpaired) electrons. The molecule has 1 heterocycles. The van der Waals surface area contributed by atoms with Crippen molar-refractivity contribution in [1.29, 1.82) is 0 Å². The standard InChI is InChI=1S/C13H28N2O/c1-4-7-15-8-5-12(6-9-15)14-13(10-16)11(2)3/h11-14,16H,4-10H2,1-3H3/t13-/m1/s1. The molecule has 1 fully saturated rings. The largest absolute Gasteiger partial charge is 0.395 e. The molecule has 3 nitrogen and oxygen atoms in total. The Kier molecular flexibility index (Phi) is 6.32. The Labute approximate surface area is 100 Å². The van der Waals surface area contributed by atoms with Crippen LogP contribution in [0.4, 0.5) is 0 Å². The van der Waals surface area contributed by atoms with Crippen LogP contribution in [0.15, 0.2) is 0 Å². The van der Waals surface area contributed by atoms with Crippen molar-refractivity contribution < 1.29 is 5.11 Å². The van der Waals surface area contributed by atoms with Crippen LogP contribution in [0.3, 0.4) is 0 Å². The molecule has 0 aromatic heterocycles. The van der Waals surface area contributed by atoms with Gasteiger partial charge in [-0.1, -0.05) is 20.8 Å². The summed E-state index contributed by atoms with van der Waals surface area (Å²) in [5, 5.41) is 12.9. The van der Waals surface area contributed by atoms with Crippen LogP contribution in [0.25, 0.3) is 0 Å². The van der Waals surface area contributed by atoms with E-state index in [4.69, 9.17) is 0 Å². The Bertz CT molecular complexity index is 177. The summed E-state index contributed by atoms with van der Waals surface area (Å²) in [4.78, 5) is 2.54. The van der Waals surface area contributed by atoms with E-state index in [2.05, 4.69) is 31.0 Å². The molecule has 0 unspecified atom stereocenters. The minimum Gasteiger partial charge on any atom is -0.395 e. The first-order valence-corrected chi connectivity index (χ1v) is 6.76. The molecule has 1 atom stereocenters. The van der Waals surface area contributed by atoms with Gasteiger partial charge in [-0.05, 0) is 44.8 Å². The van der Waals surface area contributed by atoms with Crippen LogP contribution < -0.4 is 5.32 Å². The third kappa shape index (κ3) is 4.40. The first kappa shape index (κ1) is 13.9. The number of piperidine rings is 1. The zero-order valence-electron chi connectivity index (χ0n) is 11.1. The highest BCUT2D eigenvalue weighted by Gasteiger charge is 2.22. The van der Waals surface area contributed by atoms with Crippen molar-refractivity contribution in [3.8, 4) is 0 Å². The molecule has 0 amide bonds. The minimum absolute atomic E-state index is 0.257. The lowest BCUT2D eigenvalue weighted by atomic mass is 9.99. The van der Waals surface area contributed by atoms with Crippen LogP contribution in [0, 0.1) is 5.92 Å². The van der Waals surface area contributed by atoms with Crippen LogP contribution in [0.5, 0.6) is 0 Å². The van der Waals surface area contributed by atoms with E-state index in [1.807, 2.05) is 0 Å². The number of hydrogen-bond acceptors (Lipinski definition) is 3. The fourth-order valence-corrected chi connectivity index (χ4v) is 2.40. The number of nitrogens with zero attached hydrogens (tertiary/aromatic N) is 1. The van der Waals surface area contributed by atoms with Gasteiger partial charge >= 0.3 is 0 Å². The maximum atomic E-state index is 9.29. The number of likely N-dealkylation sites (tertiary alicyclic amines) is 1. The molecule has 1 aliphatic rings. The molecule has 1 rings (SSSR count). The summed E-state index contributed by atoms with van der Waals surface area (Å²) in [5.41, 5.74) is 0. The van der Waals surface area contributed by atoms with Crippen molar-refractivity contribution in [2.24, 2.45) is 5.92 Å². The Morgan fingerprint density at radius 1 is 1.31 bits per heavy atom. The predicted molar refractivity (Wildman–Crippen MR) is 68.6 cm³/mol. The molecule has 0 aromatic rings. The van der Waals surface area contributed by atoms with Crippen molar-refractivity contribution in [3.63, 3.8) is 0 Å². The first-order chi connectivity index (χ1) is 7.67. The average molecular weight is 228 g/mol. The molecule has 96 valence electrons. The molecule has 0 spiro atoms. The second-order valence-electron chi connectivity index (χ2n) is 5.32. The Morgan fingerprint density at radius 2 is 1.94 bits per heavy atom. The van der Waals surface area contributed by atoms with E-state index < -0.39 is 0 Å². The summed E-state index contributed by atoms with van der Waals surface area (Å²) >= 11 is 0. The van der Waals surface area contributed by atoms with Gasteiger partial charge in [-0.2, -0.15) is 0 Å². The zero-order chi connectivity index (χ0) is 12.0. The monoisotopic (exact) mass is 228 g/mol. The van der Waals surface area contributed by atoms with E-state index in [0.717, 1.165) is 0 Å². The van der Waals surface area contributed by atoms with Crippen molar-refractivity contribution in [2.45, 2.75) is 52.1 Å². The fourth-order valence-electron chi connectivity index (χ4n) is 2.40. The molecule has 3 heteroatoms. The maximum absolute atomic E-state index is 9.29. The van der Waals surface area contributed by atoms with Crippen LogP contribution in [-0.4, -0.2) is 48.3 Å². The van der Waals surface area contributed by atoms with Gasteiger partial charge in [0.1, 0.15) is 0 Å². The predicted octanol–water partition coefficient (Wildman–Crippen LogP) is 1.47. The van der Waals surface area contributed by atoms with E-state index in [-0.39, 0.29) is 12.6 Å². The quantitative estimate of drug-likeness (QED) is 0.722. The summed E-state index contributed by atoms with van der Waals surface area (Å²) in [5.74, 6) is 0.513. The zero-order valence-corrected chi connectivity index (χ0v) is 11.1. The third-order valence-electron chi connectivity index (χ3n) is 3.58. The van der Waals surface area contributed by atoms with Crippen molar-refractivity contribution in [1.82, 2.24) is 10.2 Å². The second-order valence-corrected chi connectivity index (χ2v) is 5.32. The lowest BCUT2D eigenvalue weighted by Crippen LogP contribution is -2.49. The lowest BCUT2D eigenvalue weighted by molar-refractivity contribution is 0.156. The summed E-state index contributed by atoms with van der Waals surface area (Å²) in [7, 11) is 0. The third-order valence-corrected chi connectivity index (χ3v) is 3.58. The molecule has 1 aliphatic heterocycles. The molecule has 0 aliphatic carbocycles. The van der Waals surface area contributed by atoms with Crippen molar-refractivity contribution >= 4 is 0 Å². The fraction of sp³-hybridized carbons (Fsp3) is 1.00. The van der Waals surface area contributed by atoms with Gasteiger partial charge in [0.2, 0.25) is 0 Å². The summed E-state index contributed by atoms with van der Waals surface area (Å²) < 4.78 is 0. The van der Waals surface area contributed by atoms with Gasteiger partial charge < -0.3 is 15.3 Å². The van der Waals surface area contributed by atoms with Crippen LogP contribution in [0.2, 0.25) is 0 Å². The van der Waals surface area contributed by atoms with E-state index in [9.17, 15) is 5.11 Å². The number of nitrogens with one attached hydrogen (secondary N) is 1. The molecule has 16 heavy (non-hydrogen) atoms. The number of aliphatic hydroxyl groups is 1. The van der Waals surface area contributed by atoms with Gasteiger partial charge in [0.05, 0.1) is 6.61 Å². The van der Waals surface area contributed by atoms with E-state index in [1.165, 1.54) is 38.9 Å². The van der Waals surface area contributed by atoms with Gasteiger partial charge in [0.15, 0.2) is 0 Å². The highest BCUT2D eigenvalue weighted by molar-refractivity contribution is 4.81. The van der Waals surface area contributed by atoms with E-state index in [0.29, 0.717) is 12.0 Å². The van der Waals surface area contributed by atoms with Crippen LogP contribution >= 0.6 is 0 Å². The average Bonchev–Trinajstić information content (AvgIpc) is 2.28. The van der Waals surface area contributed by atoms with Gasteiger partial charge in [-0.25, -0.2) is 0 Å². The number of rotatable bonds is 6. The molecule has 0 saturated carbocycles. The first-order valence-electron chi connectivity index (χ1n) is 6.76. The van der Waals surface area contributed by atoms with Crippen molar-refractivity contribution in [2.75, 3.05) is 26.2 Å². The lowest BCUT2D eigenvalue weighted by Gasteiger charge is -2.35. The second kappa shape index (κ2) is 7.25. The molecular formula is C13H28N2O. The van der Waals surface area contributed by atoms with E-state index >= 15 is 0 Å². The van der Waals surface area contributed by atoms with E-state index in [1.54, 1.807) is 0 Å². The topological polar surface area (TPSA) is 35.5 Å². The summed E-state index contributed by atoms with van der Waals surface area (Å²) in [6.07, 6.45) is 3.70. The highest BCUT2D eigenvalue weighted by atomic mass is 16.3. The molecule has 0 aromatic carbocycles. The summed E-state index contributed by atoms with van der Waals surface area (Å²) in [6, 6.07) is 0.871. The molecule has 0 bridgehead atoms. The minimum atomic E-state index is 0.257. The van der Waals surface area contributed by atoms with Gasteiger partial charge in [-0.15, -0.1) is 0 Å². The normalized spacial score (nSPS) is 21.6. The molecule has 2 N–H and O–H groups in total. The Hall–Kier alpha value is -0.120. The SMILES string of the molecule is CCCN1CCC(N[C@H](CO)C(C)C)CC1. The highest BCUT2D eigenvalue weighted by Crippen LogP contribution is 2.13. The van der Waals surface area contributed by atoms with Crippen LogP contribution in [-0.2, 0) is 0 Å². The van der Waals surface area contributed by atoms with Gasteiger partial charge in [-0.3, -0.25) is 0 Å². The van der Waals surface area contributed by atoms with Gasteiger partial charge in [0.25, 0.3) is 0 Å². The summed E-state index contributed by atoms with van der Waals surface area (Å²) in [6.45, 7) is 10.5. The molecular weight excluding hydrogens is 200 g/mol. The number of aliphatic hydroxyl groups excluding tert-OH is 1. The van der Waals surface area contributed by atoms with Crippen molar-refractivity contribution in [3.05, 3.63) is 0 Å². The Balaban J connectivity index is 2.25. The Morgan fingerprint density at radius 3 is 2.38 bits per heavy atom. The smallest absolute Gasteiger partial charge is 0.0587 e. The number of hydrogen-bond donors (Lipinski definition) is 2. The van der Waals surface area contributed by atoms with Gasteiger partial charge in [0, 0.05) is 12.1 Å². The molecule has 1 saturated heterocycles. The maximum Gasteiger partial charge on any atom is 0.0587 e. The van der Waals surface area contributed by atoms with Crippen LogP contribution in [0.1, 0.15) is 40.0 Å².